The number of halogens is 2. The van der Waals surface area contributed by atoms with Crippen LogP contribution in [0.1, 0.15) is 25.0 Å². The molecule has 0 aliphatic heterocycles. The molecule has 2 N–H and O–H groups in total. The van der Waals surface area contributed by atoms with E-state index in [1.165, 1.54) is 25.1 Å². The number of aliphatic hydroxyl groups is 2. The van der Waals surface area contributed by atoms with Gasteiger partial charge in [-0.05, 0) is 24.6 Å². The molecule has 0 spiro atoms. The molecule has 1 rings (SSSR count). The van der Waals surface area contributed by atoms with Crippen molar-refractivity contribution in [3.05, 3.63) is 34.1 Å². The van der Waals surface area contributed by atoms with Gasteiger partial charge in [0.2, 0.25) is 0 Å². The molecule has 2 unspecified atom stereocenters. The van der Waals surface area contributed by atoms with E-state index in [0.717, 1.165) is 11.8 Å². The van der Waals surface area contributed by atoms with Crippen LogP contribution in [0.2, 0.25) is 0 Å². The molecule has 0 aliphatic rings. The number of hydrogen-bond donors (Lipinski definition) is 2. The molecule has 0 heterocycles. The number of carbonyl (C=O) groups is 1. The molecule has 2 atom stereocenters. The van der Waals surface area contributed by atoms with E-state index in [4.69, 9.17) is 0 Å². The van der Waals surface area contributed by atoms with Gasteiger partial charge in [0.05, 0.1) is 6.10 Å². The van der Waals surface area contributed by atoms with Crippen LogP contribution in [0.4, 0.5) is 4.39 Å². The summed E-state index contributed by atoms with van der Waals surface area (Å²) in [4.78, 5) is 10.7. The predicted molar refractivity (Wildman–Crippen MR) is 72.8 cm³/mol. The lowest BCUT2D eigenvalue weighted by atomic mass is 10.0. The number of aliphatic hydroxyl groups excluding tert-OH is 2. The Hall–Kier alpha value is -0.430. The Morgan fingerprint density at radius 2 is 2.17 bits per heavy atom. The van der Waals surface area contributed by atoms with Gasteiger partial charge >= 0.3 is 0 Å². The largest absolute Gasteiger partial charge is 0.390 e. The van der Waals surface area contributed by atoms with E-state index in [-0.39, 0.29) is 17.1 Å². The smallest absolute Gasteiger partial charge is 0.185 e. The van der Waals surface area contributed by atoms with Gasteiger partial charge in [-0.2, -0.15) is 0 Å². The molecule has 0 amide bonds. The van der Waals surface area contributed by atoms with Crippen LogP contribution in [-0.4, -0.2) is 27.2 Å². The summed E-state index contributed by atoms with van der Waals surface area (Å²) >= 11 is 4.24. The normalized spacial score (nSPS) is 14.3. The maximum Gasteiger partial charge on any atom is 0.185 e. The van der Waals surface area contributed by atoms with E-state index in [2.05, 4.69) is 15.9 Å². The maximum atomic E-state index is 13.5. The van der Waals surface area contributed by atoms with Crippen molar-refractivity contribution < 1.29 is 19.4 Å². The molecule has 6 heteroatoms. The standard InChI is InChI=1S/C12H14BrFO3S/c1-7(15)18-5-4-11(16)12(17)9-6-8(13)2-3-10(9)14/h2-3,6,11-12,16-17H,4-5H2,1H3. The minimum Gasteiger partial charge on any atom is -0.390 e. The highest BCUT2D eigenvalue weighted by Crippen LogP contribution is 2.25. The highest BCUT2D eigenvalue weighted by atomic mass is 79.9. The van der Waals surface area contributed by atoms with Crippen LogP contribution in [0.5, 0.6) is 0 Å². The molecule has 0 saturated carbocycles. The van der Waals surface area contributed by atoms with Crippen molar-refractivity contribution >= 4 is 32.8 Å². The molecule has 0 fully saturated rings. The molecule has 1 aromatic carbocycles. The highest BCUT2D eigenvalue weighted by Gasteiger charge is 2.21. The fourth-order valence-electron chi connectivity index (χ4n) is 1.43. The second-order valence-corrected chi connectivity index (χ2v) is 5.99. The summed E-state index contributed by atoms with van der Waals surface area (Å²) in [6.45, 7) is 1.43. The molecule has 0 saturated heterocycles. The van der Waals surface area contributed by atoms with Gasteiger partial charge in [-0.15, -0.1) is 0 Å². The van der Waals surface area contributed by atoms with Crippen molar-refractivity contribution in [3.63, 3.8) is 0 Å². The molecule has 18 heavy (non-hydrogen) atoms. The zero-order chi connectivity index (χ0) is 13.7. The van der Waals surface area contributed by atoms with Crippen LogP contribution < -0.4 is 0 Å². The second kappa shape index (κ2) is 7.23. The number of rotatable bonds is 5. The SMILES string of the molecule is CC(=O)SCCC(O)C(O)c1cc(Br)ccc1F. The highest BCUT2D eigenvalue weighted by molar-refractivity contribution is 9.10. The number of hydrogen-bond acceptors (Lipinski definition) is 4. The van der Waals surface area contributed by atoms with Gasteiger partial charge < -0.3 is 10.2 Å². The van der Waals surface area contributed by atoms with E-state index in [0.29, 0.717) is 10.2 Å². The fourth-order valence-corrected chi connectivity index (χ4v) is 2.46. The summed E-state index contributed by atoms with van der Waals surface area (Å²) in [5.74, 6) is -0.174. The first-order valence-electron chi connectivity index (χ1n) is 5.36. The lowest BCUT2D eigenvalue weighted by Crippen LogP contribution is -2.20. The van der Waals surface area contributed by atoms with Gasteiger partial charge in [0.1, 0.15) is 11.9 Å². The minimum atomic E-state index is -1.30. The molecular weight excluding hydrogens is 323 g/mol. The fraction of sp³-hybridized carbons (Fsp3) is 0.417. The van der Waals surface area contributed by atoms with E-state index in [9.17, 15) is 19.4 Å². The van der Waals surface area contributed by atoms with Crippen molar-refractivity contribution in [2.24, 2.45) is 0 Å². The summed E-state index contributed by atoms with van der Waals surface area (Å²) in [5.41, 5.74) is 0.0460. The molecule has 0 bridgehead atoms. The zero-order valence-electron chi connectivity index (χ0n) is 9.77. The zero-order valence-corrected chi connectivity index (χ0v) is 12.2. The molecule has 0 aromatic heterocycles. The third-order valence-electron chi connectivity index (χ3n) is 2.36. The number of carbonyl (C=O) groups excluding carboxylic acids is 1. The molecule has 100 valence electrons. The monoisotopic (exact) mass is 336 g/mol. The van der Waals surface area contributed by atoms with E-state index in [1.54, 1.807) is 0 Å². The van der Waals surface area contributed by atoms with Crippen molar-refractivity contribution in [3.8, 4) is 0 Å². The Bertz CT molecular complexity index is 428. The van der Waals surface area contributed by atoms with E-state index < -0.39 is 18.0 Å². The van der Waals surface area contributed by atoms with Gasteiger partial charge in [-0.3, -0.25) is 4.79 Å². The summed E-state index contributed by atoms with van der Waals surface area (Å²) in [6, 6.07) is 4.17. The number of thioether (sulfide) groups is 1. The summed E-state index contributed by atoms with van der Waals surface area (Å²) in [7, 11) is 0. The van der Waals surface area contributed by atoms with E-state index >= 15 is 0 Å². The quantitative estimate of drug-likeness (QED) is 0.867. The van der Waals surface area contributed by atoms with Crippen LogP contribution in [0, 0.1) is 5.82 Å². The van der Waals surface area contributed by atoms with Gasteiger partial charge in [0, 0.05) is 22.7 Å². The average Bonchev–Trinajstić information content (AvgIpc) is 2.30. The summed E-state index contributed by atoms with van der Waals surface area (Å²) in [6.07, 6.45) is -2.17. The number of benzene rings is 1. The molecule has 3 nitrogen and oxygen atoms in total. The van der Waals surface area contributed by atoms with Gasteiger partial charge in [-0.1, -0.05) is 27.7 Å². The maximum absolute atomic E-state index is 13.5. The van der Waals surface area contributed by atoms with Crippen molar-refractivity contribution in [1.82, 2.24) is 0 Å². The van der Waals surface area contributed by atoms with Crippen molar-refractivity contribution in [2.45, 2.75) is 25.6 Å². The third kappa shape index (κ3) is 4.68. The van der Waals surface area contributed by atoms with Crippen LogP contribution in [0.3, 0.4) is 0 Å². The van der Waals surface area contributed by atoms with E-state index in [1.807, 2.05) is 0 Å². The first-order chi connectivity index (χ1) is 8.41. The lowest BCUT2D eigenvalue weighted by molar-refractivity contribution is -0.109. The van der Waals surface area contributed by atoms with Gasteiger partial charge in [0.15, 0.2) is 5.12 Å². The lowest BCUT2D eigenvalue weighted by Gasteiger charge is -2.18. The van der Waals surface area contributed by atoms with Crippen molar-refractivity contribution in [2.75, 3.05) is 5.75 Å². The van der Waals surface area contributed by atoms with Gasteiger partial charge in [-0.25, -0.2) is 4.39 Å². The Kier molecular flexibility index (Phi) is 6.28. The van der Waals surface area contributed by atoms with Crippen LogP contribution in [0.15, 0.2) is 22.7 Å². The second-order valence-electron chi connectivity index (χ2n) is 3.81. The van der Waals surface area contributed by atoms with Crippen LogP contribution in [0.25, 0.3) is 0 Å². The minimum absolute atomic E-state index is 0.0460. The predicted octanol–water partition coefficient (Wildman–Crippen LogP) is 2.65. The topological polar surface area (TPSA) is 57.5 Å². The third-order valence-corrected chi connectivity index (χ3v) is 3.70. The van der Waals surface area contributed by atoms with Crippen LogP contribution >= 0.6 is 27.7 Å². The van der Waals surface area contributed by atoms with Gasteiger partial charge in [0.25, 0.3) is 0 Å². The first kappa shape index (κ1) is 15.6. The molecule has 1 aromatic rings. The molecular formula is C12H14BrFO3S. The summed E-state index contributed by atoms with van der Waals surface area (Å²) in [5, 5.41) is 19.5. The van der Waals surface area contributed by atoms with Crippen molar-refractivity contribution in [1.29, 1.82) is 0 Å². The Balaban J connectivity index is 2.64. The van der Waals surface area contributed by atoms with Crippen LogP contribution in [-0.2, 0) is 4.79 Å². The Morgan fingerprint density at radius 3 is 2.78 bits per heavy atom. The first-order valence-corrected chi connectivity index (χ1v) is 7.14. The molecule has 0 aliphatic carbocycles. The average molecular weight is 337 g/mol. The Morgan fingerprint density at radius 1 is 1.50 bits per heavy atom. The summed E-state index contributed by atoms with van der Waals surface area (Å²) < 4.78 is 14.1. The molecule has 0 radical (unpaired) electrons. The Labute approximate surface area is 118 Å².